The zero-order valence-corrected chi connectivity index (χ0v) is 11.2. The standard InChI is InChI=1S/C12H11F3O4S/c1-8(16)10(11(17)12(13,14)15)7-20(18,19)9-5-3-2-4-6-9/h2-6,10H,7H2,1H3/t10-/m0/s1. The lowest BCUT2D eigenvalue weighted by Crippen LogP contribution is -2.38. The molecule has 1 atom stereocenters. The second-order valence-corrected chi connectivity index (χ2v) is 6.15. The minimum Gasteiger partial charge on any atom is -0.299 e. The maximum atomic E-state index is 12.3. The number of rotatable bonds is 5. The molecule has 0 fully saturated rings. The molecule has 1 aromatic carbocycles. The molecule has 0 saturated carbocycles. The first-order valence-corrected chi connectivity index (χ1v) is 7.10. The number of sulfone groups is 1. The Morgan fingerprint density at radius 1 is 1.15 bits per heavy atom. The van der Waals surface area contributed by atoms with Gasteiger partial charge in [-0.15, -0.1) is 0 Å². The van der Waals surface area contributed by atoms with Gasteiger partial charge in [-0.3, -0.25) is 9.59 Å². The molecule has 0 amide bonds. The van der Waals surface area contributed by atoms with Crippen LogP contribution in [0.2, 0.25) is 0 Å². The highest BCUT2D eigenvalue weighted by Gasteiger charge is 2.46. The first-order chi connectivity index (χ1) is 9.05. The Hall–Kier alpha value is -1.70. The highest BCUT2D eigenvalue weighted by molar-refractivity contribution is 7.91. The summed E-state index contributed by atoms with van der Waals surface area (Å²) in [5.41, 5.74) is 0. The molecule has 0 saturated heterocycles. The van der Waals surface area contributed by atoms with Gasteiger partial charge in [0.05, 0.1) is 16.6 Å². The molecule has 0 N–H and O–H groups in total. The van der Waals surface area contributed by atoms with Crippen LogP contribution in [0.3, 0.4) is 0 Å². The van der Waals surface area contributed by atoms with Crippen LogP contribution in [0.15, 0.2) is 35.2 Å². The molecule has 1 rings (SSSR count). The van der Waals surface area contributed by atoms with Crippen molar-refractivity contribution in [2.75, 3.05) is 5.75 Å². The van der Waals surface area contributed by atoms with E-state index in [0.29, 0.717) is 0 Å². The van der Waals surface area contributed by atoms with E-state index in [1.165, 1.54) is 30.3 Å². The normalized spacial score (nSPS) is 13.8. The van der Waals surface area contributed by atoms with Gasteiger partial charge in [0.2, 0.25) is 5.78 Å². The lowest BCUT2D eigenvalue weighted by molar-refractivity contribution is -0.175. The zero-order valence-electron chi connectivity index (χ0n) is 10.3. The van der Waals surface area contributed by atoms with Crippen molar-refractivity contribution in [1.29, 1.82) is 0 Å². The highest BCUT2D eigenvalue weighted by Crippen LogP contribution is 2.24. The van der Waals surface area contributed by atoms with E-state index in [2.05, 4.69) is 0 Å². The van der Waals surface area contributed by atoms with Gasteiger partial charge in [-0.25, -0.2) is 8.42 Å². The number of hydrogen-bond donors (Lipinski definition) is 0. The van der Waals surface area contributed by atoms with Gasteiger partial charge in [0, 0.05) is 0 Å². The van der Waals surface area contributed by atoms with Gasteiger partial charge < -0.3 is 0 Å². The van der Waals surface area contributed by atoms with Crippen molar-refractivity contribution in [1.82, 2.24) is 0 Å². The van der Waals surface area contributed by atoms with Crippen LogP contribution >= 0.6 is 0 Å². The Morgan fingerprint density at radius 3 is 2.05 bits per heavy atom. The fourth-order valence-corrected chi connectivity index (χ4v) is 3.11. The van der Waals surface area contributed by atoms with E-state index >= 15 is 0 Å². The first kappa shape index (κ1) is 16.4. The number of carbonyl (C=O) groups is 2. The quantitative estimate of drug-likeness (QED) is 0.778. The summed E-state index contributed by atoms with van der Waals surface area (Å²) in [6.45, 7) is 0.759. The predicted molar refractivity (Wildman–Crippen MR) is 63.7 cm³/mol. The third kappa shape index (κ3) is 3.89. The first-order valence-electron chi connectivity index (χ1n) is 5.45. The Labute approximate surface area is 113 Å². The fraction of sp³-hybridized carbons (Fsp3) is 0.333. The Morgan fingerprint density at radius 2 is 1.65 bits per heavy atom. The average Bonchev–Trinajstić information content (AvgIpc) is 2.35. The number of halogens is 3. The number of ketones is 2. The van der Waals surface area contributed by atoms with Crippen LogP contribution < -0.4 is 0 Å². The fourth-order valence-electron chi connectivity index (χ4n) is 1.52. The van der Waals surface area contributed by atoms with Crippen molar-refractivity contribution >= 4 is 21.4 Å². The summed E-state index contributed by atoms with van der Waals surface area (Å²) in [5, 5.41) is 0. The SMILES string of the molecule is CC(=O)[C@H](CS(=O)(=O)c1ccccc1)C(=O)C(F)(F)F. The van der Waals surface area contributed by atoms with E-state index in [0.717, 1.165) is 6.92 Å². The lowest BCUT2D eigenvalue weighted by Gasteiger charge is -2.14. The predicted octanol–water partition coefficient (Wildman–Crippen LogP) is 1.80. The minimum absolute atomic E-state index is 0.235. The molecular weight excluding hydrogens is 297 g/mol. The molecule has 0 spiro atoms. The summed E-state index contributed by atoms with van der Waals surface area (Å²) in [6, 6.07) is 6.68. The number of Topliss-reactive ketones (excluding diaryl/α,β-unsaturated/α-hetero) is 2. The molecule has 4 nitrogen and oxygen atoms in total. The molecule has 0 aliphatic carbocycles. The maximum absolute atomic E-state index is 12.3. The third-order valence-corrected chi connectivity index (χ3v) is 4.34. The average molecular weight is 308 g/mol. The maximum Gasteiger partial charge on any atom is 0.450 e. The molecule has 0 radical (unpaired) electrons. The summed E-state index contributed by atoms with van der Waals surface area (Å²) in [5.74, 6) is -6.90. The van der Waals surface area contributed by atoms with Crippen LogP contribution in [0, 0.1) is 5.92 Å². The van der Waals surface area contributed by atoms with Gasteiger partial charge in [0.1, 0.15) is 5.78 Å². The number of alkyl halides is 3. The van der Waals surface area contributed by atoms with E-state index in [4.69, 9.17) is 0 Å². The van der Waals surface area contributed by atoms with Gasteiger partial charge in [0.15, 0.2) is 9.84 Å². The van der Waals surface area contributed by atoms with Gasteiger partial charge in [-0.1, -0.05) is 18.2 Å². The second kappa shape index (κ2) is 5.74. The summed E-state index contributed by atoms with van der Waals surface area (Å²) in [7, 11) is -4.15. The van der Waals surface area contributed by atoms with E-state index in [-0.39, 0.29) is 4.90 Å². The third-order valence-electron chi connectivity index (χ3n) is 2.58. The molecule has 0 aromatic heterocycles. The molecule has 0 aliphatic rings. The number of hydrogen-bond acceptors (Lipinski definition) is 4. The van der Waals surface area contributed by atoms with Crippen LogP contribution in [-0.2, 0) is 19.4 Å². The van der Waals surface area contributed by atoms with E-state index in [1.807, 2.05) is 0 Å². The van der Waals surface area contributed by atoms with Crippen LogP contribution in [0.5, 0.6) is 0 Å². The zero-order chi connectivity index (χ0) is 15.6. The molecular formula is C12H11F3O4S. The Bertz CT molecular complexity index is 605. The van der Waals surface area contributed by atoms with Crippen LogP contribution in [0.1, 0.15) is 6.92 Å². The molecule has 0 unspecified atom stereocenters. The second-order valence-electron chi connectivity index (χ2n) is 4.12. The summed E-state index contributed by atoms with van der Waals surface area (Å²) < 4.78 is 60.8. The number of carbonyl (C=O) groups excluding carboxylic acids is 2. The summed E-state index contributed by atoms with van der Waals surface area (Å²) in [4.78, 5) is 22.0. The summed E-state index contributed by atoms with van der Waals surface area (Å²) >= 11 is 0. The monoisotopic (exact) mass is 308 g/mol. The van der Waals surface area contributed by atoms with E-state index < -0.39 is 39.3 Å². The van der Waals surface area contributed by atoms with Gasteiger partial charge in [0.25, 0.3) is 0 Å². The molecule has 110 valence electrons. The highest BCUT2D eigenvalue weighted by atomic mass is 32.2. The van der Waals surface area contributed by atoms with Crippen molar-refractivity contribution in [3.63, 3.8) is 0 Å². The van der Waals surface area contributed by atoms with Crippen molar-refractivity contribution < 1.29 is 31.2 Å². The molecule has 0 aliphatic heterocycles. The van der Waals surface area contributed by atoms with Gasteiger partial charge in [-0.05, 0) is 19.1 Å². The van der Waals surface area contributed by atoms with Crippen molar-refractivity contribution in [2.45, 2.75) is 18.0 Å². The van der Waals surface area contributed by atoms with E-state index in [9.17, 15) is 31.2 Å². The summed E-state index contributed by atoms with van der Waals surface area (Å²) in [6.07, 6.45) is -5.25. The molecule has 8 heteroatoms. The van der Waals surface area contributed by atoms with Gasteiger partial charge in [-0.2, -0.15) is 13.2 Å². The largest absolute Gasteiger partial charge is 0.450 e. The smallest absolute Gasteiger partial charge is 0.299 e. The van der Waals surface area contributed by atoms with Crippen molar-refractivity contribution in [3.8, 4) is 0 Å². The molecule has 1 aromatic rings. The van der Waals surface area contributed by atoms with Crippen LogP contribution in [0.25, 0.3) is 0 Å². The van der Waals surface area contributed by atoms with Crippen molar-refractivity contribution in [3.05, 3.63) is 30.3 Å². The number of benzene rings is 1. The Kier molecular flexibility index (Phi) is 4.69. The Balaban J connectivity index is 3.10. The van der Waals surface area contributed by atoms with Crippen LogP contribution in [0.4, 0.5) is 13.2 Å². The van der Waals surface area contributed by atoms with Gasteiger partial charge >= 0.3 is 6.18 Å². The van der Waals surface area contributed by atoms with E-state index in [1.54, 1.807) is 0 Å². The topological polar surface area (TPSA) is 68.3 Å². The van der Waals surface area contributed by atoms with Crippen LogP contribution in [-0.4, -0.2) is 31.9 Å². The molecule has 0 heterocycles. The lowest BCUT2D eigenvalue weighted by atomic mass is 10.0. The minimum atomic E-state index is -5.25. The molecule has 0 bridgehead atoms. The molecule has 20 heavy (non-hydrogen) atoms. The van der Waals surface area contributed by atoms with Crippen molar-refractivity contribution in [2.24, 2.45) is 5.92 Å².